The number of allylic oxidation sites excluding steroid dienone is 2. The second kappa shape index (κ2) is 4.80. The van der Waals surface area contributed by atoms with E-state index in [1.165, 1.54) is 0 Å². The zero-order valence-electron chi connectivity index (χ0n) is 9.72. The van der Waals surface area contributed by atoms with Gasteiger partial charge < -0.3 is 11.1 Å². The Morgan fingerprint density at radius 2 is 2.12 bits per heavy atom. The van der Waals surface area contributed by atoms with E-state index in [-0.39, 0.29) is 5.78 Å². The quantitative estimate of drug-likeness (QED) is 0.792. The van der Waals surface area contributed by atoms with Gasteiger partial charge in [0.25, 0.3) is 0 Å². The number of nitrogens with two attached hydrogens (primary N) is 1. The van der Waals surface area contributed by atoms with E-state index in [2.05, 4.69) is 5.32 Å². The van der Waals surface area contributed by atoms with E-state index in [1.807, 2.05) is 13.0 Å². The number of carbonyl (C=O) groups excluding carboxylic acids is 1. The summed E-state index contributed by atoms with van der Waals surface area (Å²) in [6.07, 6.45) is 2.43. The van der Waals surface area contributed by atoms with Crippen LogP contribution in [-0.4, -0.2) is 5.78 Å². The van der Waals surface area contributed by atoms with Crippen LogP contribution in [0.1, 0.15) is 26.2 Å². The number of hydrogen-bond donors (Lipinski definition) is 2. The van der Waals surface area contributed by atoms with E-state index in [0.29, 0.717) is 17.1 Å². The van der Waals surface area contributed by atoms with Gasteiger partial charge in [-0.05, 0) is 38.0 Å². The fourth-order valence-electron chi connectivity index (χ4n) is 1.92. The monoisotopic (exact) mass is 250 g/mol. The summed E-state index contributed by atoms with van der Waals surface area (Å²) in [5, 5.41) is 3.80. The lowest BCUT2D eigenvalue weighted by Crippen LogP contribution is -2.14. The molecule has 0 aliphatic heterocycles. The van der Waals surface area contributed by atoms with Gasteiger partial charge in [0.15, 0.2) is 5.78 Å². The topological polar surface area (TPSA) is 55.1 Å². The molecule has 0 spiro atoms. The molecule has 0 atom stereocenters. The Hall–Kier alpha value is -1.48. The molecular formula is C13H15ClN2O. The molecule has 0 amide bonds. The number of halogens is 1. The van der Waals surface area contributed by atoms with Gasteiger partial charge in [-0.2, -0.15) is 0 Å². The Labute approximate surface area is 106 Å². The van der Waals surface area contributed by atoms with Crippen molar-refractivity contribution in [3.05, 3.63) is 34.5 Å². The van der Waals surface area contributed by atoms with E-state index in [1.54, 1.807) is 12.1 Å². The molecule has 1 aliphatic rings. The van der Waals surface area contributed by atoms with Gasteiger partial charge in [-0.25, -0.2) is 0 Å². The van der Waals surface area contributed by atoms with Crippen LogP contribution >= 0.6 is 11.6 Å². The Morgan fingerprint density at radius 3 is 2.82 bits per heavy atom. The number of ketones is 1. The minimum atomic E-state index is 0.213. The van der Waals surface area contributed by atoms with Crippen LogP contribution in [0.4, 0.5) is 11.4 Å². The first-order valence-electron chi connectivity index (χ1n) is 5.63. The minimum absolute atomic E-state index is 0.213. The Bertz CT molecular complexity index is 494. The summed E-state index contributed by atoms with van der Waals surface area (Å²) in [4.78, 5) is 11.6. The normalized spacial score (nSPS) is 16.2. The van der Waals surface area contributed by atoms with Gasteiger partial charge in [-0.3, -0.25) is 4.79 Å². The van der Waals surface area contributed by atoms with E-state index in [0.717, 1.165) is 29.8 Å². The second-order valence-electron chi connectivity index (χ2n) is 4.24. The molecule has 1 aromatic rings. The average Bonchev–Trinajstić information content (AvgIpc) is 2.28. The van der Waals surface area contributed by atoms with Gasteiger partial charge in [-0.1, -0.05) is 11.6 Å². The number of rotatable bonds is 2. The molecule has 0 radical (unpaired) electrons. The number of hydrogen-bond acceptors (Lipinski definition) is 3. The van der Waals surface area contributed by atoms with Crippen LogP contribution < -0.4 is 11.1 Å². The number of benzene rings is 1. The maximum absolute atomic E-state index is 11.6. The molecule has 0 unspecified atom stereocenters. The third-order valence-corrected chi connectivity index (χ3v) is 3.29. The molecule has 90 valence electrons. The van der Waals surface area contributed by atoms with Gasteiger partial charge in [-0.15, -0.1) is 0 Å². The Kier molecular flexibility index (Phi) is 3.38. The predicted octanol–water partition coefficient (Wildman–Crippen LogP) is 3.36. The van der Waals surface area contributed by atoms with Crippen LogP contribution in [0.3, 0.4) is 0 Å². The summed E-state index contributed by atoms with van der Waals surface area (Å²) in [6, 6.07) is 5.32. The number of carbonyl (C=O) groups is 1. The molecular weight excluding hydrogens is 236 g/mol. The molecule has 17 heavy (non-hydrogen) atoms. The Morgan fingerprint density at radius 1 is 1.35 bits per heavy atom. The van der Waals surface area contributed by atoms with Crippen molar-refractivity contribution in [3.8, 4) is 0 Å². The highest BCUT2D eigenvalue weighted by Gasteiger charge is 2.17. The molecule has 1 aliphatic carbocycles. The van der Waals surface area contributed by atoms with Crippen LogP contribution in [0.5, 0.6) is 0 Å². The fourth-order valence-corrected chi connectivity index (χ4v) is 2.16. The maximum atomic E-state index is 11.6. The first kappa shape index (κ1) is 12.0. The number of Topliss-reactive ketones (excluding diaryl/α,β-unsaturated/α-hetero) is 1. The van der Waals surface area contributed by atoms with E-state index >= 15 is 0 Å². The van der Waals surface area contributed by atoms with E-state index in [4.69, 9.17) is 17.3 Å². The zero-order chi connectivity index (χ0) is 12.4. The van der Waals surface area contributed by atoms with Crippen molar-refractivity contribution in [1.82, 2.24) is 0 Å². The van der Waals surface area contributed by atoms with Gasteiger partial charge in [0.05, 0.1) is 10.7 Å². The minimum Gasteiger partial charge on any atom is -0.399 e. The summed E-state index contributed by atoms with van der Waals surface area (Å²) >= 11 is 6.08. The van der Waals surface area contributed by atoms with Crippen molar-refractivity contribution < 1.29 is 4.79 Å². The van der Waals surface area contributed by atoms with Crippen LogP contribution in [0.15, 0.2) is 29.5 Å². The van der Waals surface area contributed by atoms with E-state index < -0.39 is 0 Å². The lowest BCUT2D eigenvalue weighted by atomic mass is 9.96. The summed E-state index contributed by atoms with van der Waals surface area (Å²) in [7, 11) is 0. The summed E-state index contributed by atoms with van der Waals surface area (Å²) < 4.78 is 0. The van der Waals surface area contributed by atoms with Gasteiger partial charge >= 0.3 is 0 Å². The van der Waals surface area contributed by atoms with Crippen molar-refractivity contribution in [2.45, 2.75) is 26.2 Å². The highest BCUT2D eigenvalue weighted by atomic mass is 35.5. The smallest absolute Gasteiger partial charge is 0.160 e. The molecule has 0 bridgehead atoms. The lowest BCUT2D eigenvalue weighted by molar-refractivity contribution is -0.116. The van der Waals surface area contributed by atoms with Crippen molar-refractivity contribution in [2.75, 3.05) is 11.1 Å². The molecule has 0 aromatic heterocycles. The van der Waals surface area contributed by atoms with Crippen LogP contribution in [-0.2, 0) is 4.79 Å². The molecule has 2 rings (SSSR count). The summed E-state index contributed by atoms with van der Waals surface area (Å²) in [6.45, 7) is 1.86. The van der Waals surface area contributed by atoms with Crippen molar-refractivity contribution in [3.63, 3.8) is 0 Å². The number of anilines is 2. The van der Waals surface area contributed by atoms with Gasteiger partial charge in [0.2, 0.25) is 0 Å². The molecule has 3 N–H and O–H groups in total. The van der Waals surface area contributed by atoms with Crippen LogP contribution in [0.2, 0.25) is 5.02 Å². The number of nitrogen functional groups attached to an aromatic ring is 1. The van der Waals surface area contributed by atoms with Crippen LogP contribution in [0, 0.1) is 0 Å². The largest absolute Gasteiger partial charge is 0.399 e. The third-order valence-electron chi connectivity index (χ3n) is 2.98. The maximum Gasteiger partial charge on any atom is 0.160 e. The van der Waals surface area contributed by atoms with Crippen molar-refractivity contribution in [2.24, 2.45) is 0 Å². The molecule has 1 aromatic carbocycles. The molecule has 0 heterocycles. The van der Waals surface area contributed by atoms with E-state index in [9.17, 15) is 4.79 Å². The van der Waals surface area contributed by atoms with Gasteiger partial charge in [0, 0.05) is 23.4 Å². The summed E-state index contributed by atoms with van der Waals surface area (Å²) in [5.41, 5.74) is 8.83. The van der Waals surface area contributed by atoms with Crippen LogP contribution in [0.25, 0.3) is 0 Å². The second-order valence-corrected chi connectivity index (χ2v) is 4.65. The predicted molar refractivity (Wildman–Crippen MR) is 71.0 cm³/mol. The average molecular weight is 251 g/mol. The highest BCUT2D eigenvalue weighted by Crippen LogP contribution is 2.29. The summed E-state index contributed by atoms with van der Waals surface area (Å²) in [5.74, 6) is 0.213. The van der Waals surface area contributed by atoms with Gasteiger partial charge in [0.1, 0.15) is 0 Å². The molecule has 0 saturated carbocycles. The Balaban J connectivity index is 2.26. The standard InChI is InChI=1S/C13H15ClN2O/c1-8-11(3-2-4-13(8)17)16-12-6-5-9(15)7-10(12)14/h5-7,16H,2-4,15H2,1H3. The molecule has 4 heteroatoms. The lowest BCUT2D eigenvalue weighted by Gasteiger charge is -2.19. The fraction of sp³-hybridized carbons (Fsp3) is 0.308. The molecule has 0 fully saturated rings. The SMILES string of the molecule is CC1=C(Nc2ccc(N)cc2Cl)CCCC1=O. The first-order valence-corrected chi connectivity index (χ1v) is 6.00. The van der Waals surface area contributed by atoms with Crippen molar-refractivity contribution >= 4 is 28.8 Å². The zero-order valence-corrected chi connectivity index (χ0v) is 10.5. The molecule has 3 nitrogen and oxygen atoms in total. The molecule has 0 saturated heterocycles. The first-order chi connectivity index (χ1) is 8.08. The number of nitrogens with one attached hydrogen (secondary N) is 1. The third kappa shape index (κ3) is 2.61. The highest BCUT2D eigenvalue weighted by molar-refractivity contribution is 6.33. The van der Waals surface area contributed by atoms with Crippen molar-refractivity contribution in [1.29, 1.82) is 0 Å².